The summed E-state index contributed by atoms with van der Waals surface area (Å²) < 4.78 is 39.2. The number of piperazine rings is 1. The molecule has 2 aromatic carbocycles. The van der Waals surface area contributed by atoms with Gasteiger partial charge in [-0.05, 0) is 18.2 Å². The molecule has 10 heteroatoms. The largest absolute Gasteiger partial charge is 0.497 e. The van der Waals surface area contributed by atoms with Crippen molar-refractivity contribution in [2.75, 3.05) is 40.4 Å². The smallest absolute Gasteiger partial charge is 0.265 e. The number of thiophene rings is 1. The standard InChI is InChI=1S/C21H21ClN2O5S2/c1-28-14-7-8-16(29-2)18(13-14)31(26,27)24-11-9-23(10-12-24)21(25)20-19(22)15-5-3-4-6-17(15)30-20/h3-8,13H,9-12H2,1-2H3. The fraction of sp³-hybridized carbons (Fsp3) is 0.286. The number of carbonyl (C=O) groups is 1. The lowest BCUT2D eigenvalue weighted by Crippen LogP contribution is -2.50. The van der Waals surface area contributed by atoms with Crippen LogP contribution in [0.4, 0.5) is 0 Å². The van der Waals surface area contributed by atoms with Crippen molar-refractivity contribution in [2.24, 2.45) is 0 Å². The molecule has 1 aliphatic heterocycles. The number of rotatable bonds is 5. The second-order valence-corrected chi connectivity index (χ2v) is 10.3. The normalized spacial score (nSPS) is 15.3. The van der Waals surface area contributed by atoms with Gasteiger partial charge in [0.05, 0.1) is 19.2 Å². The first kappa shape index (κ1) is 21.9. The predicted octanol–water partition coefficient (Wildman–Crippen LogP) is 3.72. The molecule has 0 aliphatic carbocycles. The molecule has 3 aromatic rings. The van der Waals surface area contributed by atoms with Crippen molar-refractivity contribution in [1.29, 1.82) is 0 Å². The van der Waals surface area contributed by atoms with Crippen molar-refractivity contribution in [1.82, 2.24) is 9.21 Å². The van der Waals surface area contributed by atoms with Crippen LogP contribution < -0.4 is 9.47 Å². The Morgan fingerprint density at radius 1 is 1.03 bits per heavy atom. The molecule has 0 N–H and O–H groups in total. The summed E-state index contributed by atoms with van der Waals surface area (Å²) >= 11 is 7.80. The highest BCUT2D eigenvalue weighted by molar-refractivity contribution is 7.89. The molecule has 31 heavy (non-hydrogen) atoms. The van der Waals surface area contributed by atoms with Gasteiger partial charge in [0.1, 0.15) is 21.3 Å². The second kappa shape index (κ2) is 8.66. The number of benzene rings is 2. The Hall–Kier alpha value is -2.33. The molecule has 0 bridgehead atoms. The van der Waals surface area contributed by atoms with Crippen LogP contribution in [0.15, 0.2) is 47.4 Å². The minimum atomic E-state index is -3.81. The van der Waals surface area contributed by atoms with Crippen molar-refractivity contribution in [3.05, 3.63) is 52.4 Å². The van der Waals surface area contributed by atoms with E-state index in [2.05, 4.69) is 0 Å². The number of hydrogen-bond acceptors (Lipinski definition) is 6. The third-order valence-corrected chi connectivity index (χ3v) is 8.83. The van der Waals surface area contributed by atoms with Crippen LogP contribution >= 0.6 is 22.9 Å². The Kier molecular flexibility index (Phi) is 6.11. The van der Waals surface area contributed by atoms with E-state index in [0.717, 1.165) is 10.1 Å². The SMILES string of the molecule is COc1ccc(OC)c(S(=O)(=O)N2CCN(C(=O)c3sc4ccccc4c3Cl)CC2)c1. The molecule has 0 unspecified atom stereocenters. The maximum atomic E-state index is 13.2. The van der Waals surface area contributed by atoms with E-state index in [1.54, 1.807) is 17.0 Å². The zero-order valence-corrected chi connectivity index (χ0v) is 19.4. The van der Waals surface area contributed by atoms with Crippen LogP contribution in [0.3, 0.4) is 0 Å². The Balaban J connectivity index is 1.53. The molecule has 2 heterocycles. The summed E-state index contributed by atoms with van der Waals surface area (Å²) in [5.41, 5.74) is 0. The van der Waals surface area contributed by atoms with E-state index in [0.29, 0.717) is 15.6 Å². The summed E-state index contributed by atoms with van der Waals surface area (Å²) in [7, 11) is -0.916. The number of fused-ring (bicyclic) bond motifs is 1. The van der Waals surface area contributed by atoms with Crippen LogP contribution in [-0.2, 0) is 10.0 Å². The Morgan fingerprint density at radius 2 is 1.74 bits per heavy atom. The summed E-state index contributed by atoms with van der Waals surface area (Å²) in [4.78, 5) is 15.2. The predicted molar refractivity (Wildman–Crippen MR) is 121 cm³/mol. The van der Waals surface area contributed by atoms with Gasteiger partial charge in [0.2, 0.25) is 10.0 Å². The number of ether oxygens (including phenoxy) is 2. The number of nitrogens with zero attached hydrogens (tertiary/aromatic N) is 2. The topological polar surface area (TPSA) is 76.2 Å². The van der Waals surface area contributed by atoms with Gasteiger partial charge in [-0.15, -0.1) is 11.3 Å². The summed E-state index contributed by atoms with van der Waals surface area (Å²) in [6.45, 7) is 0.901. The lowest BCUT2D eigenvalue weighted by atomic mass is 10.2. The second-order valence-electron chi connectivity index (χ2n) is 6.95. The number of hydrogen-bond donors (Lipinski definition) is 0. The Bertz CT molecular complexity index is 1230. The van der Waals surface area contributed by atoms with Crippen LogP contribution in [0.25, 0.3) is 10.1 Å². The highest BCUT2D eigenvalue weighted by Gasteiger charge is 2.33. The highest BCUT2D eigenvalue weighted by atomic mass is 35.5. The molecule has 0 atom stereocenters. The fourth-order valence-electron chi connectivity index (χ4n) is 3.55. The first-order valence-corrected chi connectivity index (χ1v) is 12.2. The van der Waals surface area contributed by atoms with Crippen LogP contribution in [0.2, 0.25) is 5.02 Å². The third kappa shape index (κ3) is 3.98. The monoisotopic (exact) mass is 480 g/mol. The molecule has 1 saturated heterocycles. The first-order chi connectivity index (χ1) is 14.9. The van der Waals surface area contributed by atoms with Crippen LogP contribution in [0.1, 0.15) is 9.67 Å². The van der Waals surface area contributed by atoms with E-state index in [-0.39, 0.29) is 42.7 Å². The van der Waals surface area contributed by atoms with E-state index in [4.69, 9.17) is 21.1 Å². The van der Waals surface area contributed by atoms with Gasteiger partial charge in [0, 0.05) is 42.3 Å². The summed E-state index contributed by atoms with van der Waals surface area (Å²) in [5, 5.41) is 1.30. The third-order valence-electron chi connectivity index (χ3n) is 5.24. The van der Waals surface area contributed by atoms with Crippen molar-refractivity contribution < 1.29 is 22.7 Å². The Labute approximate surface area is 189 Å². The molecule has 1 aliphatic rings. The van der Waals surface area contributed by atoms with E-state index >= 15 is 0 Å². The molecular formula is C21H21ClN2O5S2. The number of methoxy groups -OCH3 is 2. The Morgan fingerprint density at radius 3 is 2.39 bits per heavy atom. The van der Waals surface area contributed by atoms with E-state index in [1.807, 2.05) is 24.3 Å². The maximum Gasteiger partial charge on any atom is 0.265 e. The molecule has 1 aromatic heterocycles. The van der Waals surface area contributed by atoms with Gasteiger partial charge in [0.15, 0.2) is 0 Å². The number of amides is 1. The van der Waals surface area contributed by atoms with Gasteiger partial charge in [-0.3, -0.25) is 4.79 Å². The van der Waals surface area contributed by atoms with Crippen molar-refractivity contribution >= 4 is 49.0 Å². The van der Waals surface area contributed by atoms with Crippen molar-refractivity contribution in [2.45, 2.75) is 4.90 Å². The molecular weight excluding hydrogens is 460 g/mol. The summed E-state index contributed by atoms with van der Waals surface area (Å²) in [5.74, 6) is 0.492. The zero-order valence-electron chi connectivity index (χ0n) is 17.0. The van der Waals surface area contributed by atoms with Crippen LogP contribution in [0, 0.1) is 0 Å². The maximum absolute atomic E-state index is 13.2. The lowest BCUT2D eigenvalue weighted by Gasteiger charge is -2.34. The van der Waals surface area contributed by atoms with Gasteiger partial charge in [-0.2, -0.15) is 4.31 Å². The quantitative estimate of drug-likeness (QED) is 0.556. The van der Waals surface area contributed by atoms with Crippen LogP contribution in [-0.4, -0.2) is 63.9 Å². The molecule has 7 nitrogen and oxygen atoms in total. The van der Waals surface area contributed by atoms with Gasteiger partial charge < -0.3 is 14.4 Å². The van der Waals surface area contributed by atoms with Crippen molar-refractivity contribution in [3.63, 3.8) is 0 Å². The van der Waals surface area contributed by atoms with Gasteiger partial charge in [-0.25, -0.2) is 8.42 Å². The van der Waals surface area contributed by atoms with E-state index in [9.17, 15) is 13.2 Å². The molecule has 0 radical (unpaired) electrons. The summed E-state index contributed by atoms with van der Waals surface area (Å²) in [6.07, 6.45) is 0. The van der Waals surface area contributed by atoms with Gasteiger partial charge >= 0.3 is 0 Å². The lowest BCUT2D eigenvalue weighted by molar-refractivity contribution is 0.0703. The number of sulfonamides is 1. The molecule has 0 spiro atoms. The first-order valence-electron chi connectivity index (χ1n) is 9.55. The van der Waals surface area contributed by atoms with Crippen LogP contribution in [0.5, 0.6) is 11.5 Å². The average Bonchev–Trinajstić information content (AvgIpc) is 3.14. The van der Waals surface area contributed by atoms with Crippen molar-refractivity contribution in [3.8, 4) is 11.5 Å². The minimum Gasteiger partial charge on any atom is -0.497 e. The number of halogens is 1. The molecule has 4 rings (SSSR count). The minimum absolute atomic E-state index is 0.0432. The molecule has 1 amide bonds. The van der Waals surface area contributed by atoms with E-state index < -0.39 is 10.0 Å². The fourth-order valence-corrected chi connectivity index (χ4v) is 6.62. The summed E-state index contributed by atoms with van der Waals surface area (Å²) in [6, 6.07) is 12.2. The van der Waals surface area contributed by atoms with Gasteiger partial charge in [-0.1, -0.05) is 29.8 Å². The molecule has 164 valence electrons. The van der Waals surface area contributed by atoms with Gasteiger partial charge in [0.25, 0.3) is 5.91 Å². The average molecular weight is 481 g/mol. The number of carbonyl (C=O) groups excluding carboxylic acids is 1. The highest BCUT2D eigenvalue weighted by Crippen LogP contribution is 2.36. The molecule has 0 saturated carbocycles. The zero-order chi connectivity index (χ0) is 22.2. The molecule has 1 fully saturated rings. The van der Waals surface area contributed by atoms with E-state index in [1.165, 1.54) is 35.9 Å².